The van der Waals surface area contributed by atoms with Gasteiger partial charge >= 0.3 is 0 Å². The molecule has 0 saturated heterocycles. The van der Waals surface area contributed by atoms with E-state index < -0.39 is 0 Å². The van der Waals surface area contributed by atoms with Crippen molar-refractivity contribution in [2.75, 3.05) is 6.54 Å². The predicted molar refractivity (Wildman–Crippen MR) is 83.2 cm³/mol. The lowest BCUT2D eigenvalue weighted by Gasteiger charge is -2.15. The summed E-state index contributed by atoms with van der Waals surface area (Å²) in [6, 6.07) is 2.91. The molecule has 0 spiro atoms. The van der Waals surface area contributed by atoms with Crippen LogP contribution in [0.2, 0.25) is 0 Å². The van der Waals surface area contributed by atoms with Crippen LogP contribution in [0.5, 0.6) is 0 Å². The van der Waals surface area contributed by atoms with Crippen molar-refractivity contribution < 1.29 is 0 Å². The summed E-state index contributed by atoms with van der Waals surface area (Å²) in [5.74, 6) is 0. The molecule has 2 heterocycles. The van der Waals surface area contributed by atoms with Gasteiger partial charge in [0.15, 0.2) is 0 Å². The third-order valence-electron chi connectivity index (χ3n) is 3.70. The fourth-order valence-electron chi connectivity index (χ4n) is 2.75. The van der Waals surface area contributed by atoms with Crippen LogP contribution >= 0.6 is 22.7 Å². The van der Waals surface area contributed by atoms with E-state index in [1.165, 1.54) is 35.4 Å². The van der Waals surface area contributed by atoms with Crippen molar-refractivity contribution in [3.05, 3.63) is 38.0 Å². The van der Waals surface area contributed by atoms with Gasteiger partial charge in [0.1, 0.15) is 0 Å². The standard InChI is InChI=1S/C15H20N2S2/c1-2-17-13(8-12-9-16-10-18-12)15-7-11-5-3-4-6-14(11)19-15/h7,9-10,13,17H,2-6,8H2,1H3. The maximum absolute atomic E-state index is 4.19. The average molecular weight is 292 g/mol. The molecule has 102 valence electrons. The first kappa shape index (κ1) is 13.3. The molecule has 1 atom stereocenters. The number of hydrogen-bond acceptors (Lipinski definition) is 4. The minimum atomic E-state index is 0.459. The highest BCUT2D eigenvalue weighted by molar-refractivity contribution is 7.12. The number of thiophene rings is 1. The Kier molecular flexibility index (Phi) is 4.31. The Morgan fingerprint density at radius 3 is 3.00 bits per heavy atom. The van der Waals surface area contributed by atoms with Gasteiger partial charge in [0, 0.05) is 33.3 Å². The summed E-state index contributed by atoms with van der Waals surface area (Å²) in [5, 5.41) is 3.64. The van der Waals surface area contributed by atoms with Crippen LogP contribution in [0.25, 0.3) is 0 Å². The number of aromatic nitrogens is 1. The quantitative estimate of drug-likeness (QED) is 0.901. The summed E-state index contributed by atoms with van der Waals surface area (Å²) in [6.07, 6.45) is 8.38. The molecule has 0 bridgehead atoms. The van der Waals surface area contributed by atoms with Crippen molar-refractivity contribution in [2.24, 2.45) is 0 Å². The van der Waals surface area contributed by atoms with Gasteiger partial charge in [-0.05, 0) is 43.9 Å². The Hall–Kier alpha value is -0.710. The van der Waals surface area contributed by atoms with Crippen LogP contribution in [0.4, 0.5) is 0 Å². The number of fused-ring (bicyclic) bond motifs is 1. The Bertz CT molecular complexity index is 493. The Morgan fingerprint density at radius 1 is 1.37 bits per heavy atom. The lowest BCUT2D eigenvalue weighted by Crippen LogP contribution is -2.21. The average Bonchev–Trinajstić information content (AvgIpc) is 3.06. The zero-order chi connectivity index (χ0) is 13.1. The molecule has 0 saturated carbocycles. The molecule has 19 heavy (non-hydrogen) atoms. The molecule has 2 aromatic rings. The first-order valence-electron chi connectivity index (χ1n) is 7.09. The highest BCUT2D eigenvalue weighted by Crippen LogP contribution is 2.34. The fraction of sp³-hybridized carbons (Fsp3) is 0.533. The molecule has 2 aromatic heterocycles. The highest BCUT2D eigenvalue weighted by atomic mass is 32.1. The van der Waals surface area contributed by atoms with Gasteiger partial charge in [0.2, 0.25) is 0 Å². The first-order valence-corrected chi connectivity index (χ1v) is 8.78. The maximum atomic E-state index is 4.19. The highest BCUT2D eigenvalue weighted by Gasteiger charge is 2.19. The monoisotopic (exact) mass is 292 g/mol. The van der Waals surface area contributed by atoms with Crippen LogP contribution in [0.1, 0.15) is 46.0 Å². The Balaban J connectivity index is 1.80. The van der Waals surface area contributed by atoms with Gasteiger partial charge in [-0.15, -0.1) is 22.7 Å². The molecule has 2 nitrogen and oxygen atoms in total. The van der Waals surface area contributed by atoms with Gasteiger partial charge in [0.25, 0.3) is 0 Å². The van der Waals surface area contributed by atoms with Crippen LogP contribution in [-0.2, 0) is 19.3 Å². The van der Waals surface area contributed by atoms with E-state index in [9.17, 15) is 0 Å². The number of nitrogens with one attached hydrogen (secondary N) is 1. The van der Waals surface area contributed by atoms with Gasteiger partial charge in [-0.1, -0.05) is 6.92 Å². The number of aryl methyl sites for hydroxylation is 2. The topological polar surface area (TPSA) is 24.9 Å². The lowest BCUT2D eigenvalue weighted by molar-refractivity contribution is 0.561. The van der Waals surface area contributed by atoms with E-state index in [4.69, 9.17) is 0 Å². The minimum absolute atomic E-state index is 0.459. The predicted octanol–water partition coefficient (Wildman–Crippen LogP) is 3.98. The maximum Gasteiger partial charge on any atom is 0.0794 e. The van der Waals surface area contributed by atoms with Gasteiger partial charge in [0.05, 0.1) is 5.51 Å². The number of hydrogen-bond donors (Lipinski definition) is 1. The molecule has 0 radical (unpaired) electrons. The van der Waals surface area contributed by atoms with Crippen molar-refractivity contribution in [3.63, 3.8) is 0 Å². The normalized spacial score (nSPS) is 16.3. The van der Waals surface area contributed by atoms with Gasteiger partial charge < -0.3 is 5.32 Å². The summed E-state index contributed by atoms with van der Waals surface area (Å²) >= 11 is 3.79. The smallest absolute Gasteiger partial charge is 0.0794 e. The summed E-state index contributed by atoms with van der Waals surface area (Å²) in [5.41, 5.74) is 3.54. The molecular formula is C15H20N2S2. The third kappa shape index (κ3) is 3.07. The van der Waals surface area contributed by atoms with Crippen molar-refractivity contribution in [2.45, 2.75) is 45.1 Å². The summed E-state index contributed by atoms with van der Waals surface area (Å²) in [4.78, 5) is 8.71. The second kappa shape index (κ2) is 6.16. The molecule has 1 aliphatic rings. The van der Waals surface area contributed by atoms with E-state index in [1.54, 1.807) is 21.8 Å². The Labute approximate surface area is 122 Å². The molecule has 4 heteroatoms. The van der Waals surface area contributed by atoms with E-state index >= 15 is 0 Å². The van der Waals surface area contributed by atoms with Gasteiger partial charge in [-0.25, -0.2) is 0 Å². The van der Waals surface area contributed by atoms with E-state index in [0.29, 0.717) is 6.04 Å². The molecular weight excluding hydrogens is 272 g/mol. The SMILES string of the molecule is CCNC(Cc1cncs1)c1cc2c(s1)CCCC2. The van der Waals surface area contributed by atoms with Crippen molar-refractivity contribution in [1.29, 1.82) is 0 Å². The molecule has 1 aliphatic carbocycles. The number of nitrogens with zero attached hydrogens (tertiary/aromatic N) is 1. The van der Waals surface area contributed by atoms with Crippen molar-refractivity contribution in [1.82, 2.24) is 10.3 Å². The lowest BCUT2D eigenvalue weighted by atomic mass is 9.98. The molecule has 1 unspecified atom stereocenters. The minimum Gasteiger partial charge on any atom is -0.309 e. The fourth-order valence-corrected chi connectivity index (χ4v) is 4.72. The summed E-state index contributed by atoms with van der Waals surface area (Å²) in [7, 11) is 0. The zero-order valence-corrected chi connectivity index (χ0v) is 12.9. The third-order valence-corrected chi connectivity index (χ3v) is 5.85. The van der Waals surface area contributed by atoms with Crippen LogP contribution in [0, 0.1) is 0 Å². The number of rotatable bonds is 5. The number of thiazole rings is 1. The van der Waals surface area contributed by atoms with Crippen molar-refractivity contribution in [3.8, 4) is 0 Å². The van der Waals surface area contributed by atoms with Gasteiger partial charge in [-0.3, -0.25) is 4.98 Å². The van der Waals surface area contributed by atoms with Crippen molar-refractivity contribution >= 4 is 22.7 Å². The van der Waals surface area contributed by atoms with Crippen LogP contribution < -0.4 is 5.32 Å². The second-order valence-electron chi connectivity index (χ2n) is 5.09. The molecule has 0 aliphatic heterocycles. The molecule has 3 rings (SSSR count). The molecule has 0 fully saturated rings. The van der Waals surface area contributed by atoms with Crippen LogP contribution in [0.15, 0.2) is 17.8 Å². The largest absolute Gasteiger partial charge is 0.309 e. The number of likely N-dealkylation sites (N-methyl/N-ethyl adjacent to an activating group) is 1. The molecule has 1 N–H and O–H groups in total. The summed E-state index contributed by atoms with van der Waals surface area (Å²) in [6.45, 7) is 3.21. The zero-order valence-electron chi connectivity index (χ0n) is 11.3. The van der Waals surface area contributed by atoms with E-state index in [-0.39, 0.29) is 0 Å². The van der Waals surface area contributed by atoms with E-state index in [0.717, 1.165) is 13.0 Å². The van der Waals surface area contributed by atoms with E-state index in [1.807, 2.05) is 23.0 Å². The second-order valence-corrected chi connectivity index (χ2v) is 7.23. The van der Waals surface area contributed by atoms with Crippen LogP contribution in [-0.4, -0.2) is 11.5 Å². The summed E-state index contributed by atoms with van der Waals surface area (Å²) < 4.78 is 0. The molecule has 0 amide bonds. The van der Waals surface area contributed by atoms with Crippen LogP contribution in [0.3, 0.4) is 0 Å². The Morgan fingerprint density at radius 2 is 2.26 bits per heavy atom. The molecule has 0 aromatic carbocycles. The van der Waals surface area contributed by atoms with E-state index in [2.05, 4.69) is 23.3 Å². The van der Waals surface area contributed by atoms with Gasteiger partial charge in [-0.2, -0.15) is 0 Å². The first-order chi connectivity index (χ1) is 9.36.